The summed E-state index contributed by atoms with van der Waals surface area (Å²) in [5, 5.41) is 0.507. The number of hydrogen-bond acceptors (Lipinski definition) is 1. The van der Waals surface area contributed by atoms with E-state index in [1.807, 2.05) is 0 Å². The lowest BCUT2D eigenvalue weighted by molar-refractivity contribution is -0.198. The van der Waals surface area contributed by atoms with Crippen molar-refractivity contribution in [2.24, 2.45) is 17.6 Å². The van der Waals surface area contributed by atoms with Gasteiger partial charge in [0.15, 0.2) is 0 Å². The van der Waals surface area contributed by atoms with E-state index in [1.54, 1.807) is 24.3 Å². The SMILES string of the molecule is NC(c1cccc(Cl)c1)C1CCCCC1C(F)(F)F. The molecule has 2 rings (SSSR count). The van der Waals surface area contributed by atoms with E-state index in [1.165, 1.54) is 0 Å². The molecule has 1 aromatic carbocycles. The van der Waals surface area contributed by atoms with Gasteiger partial charge in [-0.2, -0.15) is 13.2 Å². The highest BCUT2D eigenvalue weighted by molar-refractivity contribution is 6.30. The van der Waals surface area contributed by atoms with Crippen LogP contribution in [0.5, 0.6) is 0 Å². The second kappa shape index (κ2) is 5.71. The molecule has 3 atom stereocenters. The minimum atomic E-state index is -4.17. The summed E-state index contributed by atoms with van der Waals surface area (Å²) < 4.78 is 39.2. The number of nitrogens with two attached hydrogens (primary N) is 1. The van der Waals surface area contributed by atoms with Gasteiger partial charge in [-0.3, -0.25) is 0 Å². The molecule has 1 aliphatic carbocycles. The Balaban J connectivity index is 2.22. The number of rotatable bonds is 2. The van der Waals surface area contributed by atoms with E-state index >= 15 is 0 Å². The summed E-state index contributed by atoms with van der Waals surface area (Å²) >= 11 is 5.88. The van der Waals surface area contributed by atoms with E-state index < -0.39 is 24.1 Å². The van der Waals surface area contributed by atoms with Crippen LogP contribution in [-0.4, -0.2) is 6.18 Å². The molecule has 0 aliphatic heterocycles. The van der Waals surface area contributed by atoms with Crippen LogP contribution in [0.15, 0.2) is 24.3 Å². The van der Waals surface area contributed by atoms with Crippen molar-refractivity contribution in [2.75, 3.05) is 0 Å². The quantitative estimate of drug-likeness (QED) is 0.839. The number of alkyl halides is 3. The van der Waals surface area contributed by atoms with E-state index in [0.29, 0.717) is 23.4 Å². The third kappa shape index (κ3) is 3.42. The summed E-state index contributed by atoms with van der Waals surface area (Å²) in [6.07, 6.45) is -2.02. The lowest BCUT2D eigenvalue weighted by atomic mass is 9.73. The zero-order valence-corrected chi connectivity index (χ0v) is 11.2. The molecule has 0 aromatic heterocycles. The standard InChI is InChI=1S/C14H17ClF3N/c15-10-5-3-4-9(8-10)13(19)11-6-1-2-7-12(11)14(16,17)18/h3-5,8,11-13H,1-2,6-7,19H2. The first-order chi connectivity index (χ1) is 8.89. The minimum absolute atomic E-state index is 0.183. The van der Waals surface area contributed by atoms with Crippen LogP contribution in [-0.2, 0) is 0 Å². The number of hydrogen-bond donors (Lipinski definition) is 1. The monoisotopic (exact) mass is 291 g/mol. The highest BCUT2D eigenvalue weighted by Crippen LogP contribution is 2.45. The molecule has 0 saturated heterocycles. The zero-order valence-electron chi connectivity index (χ0n) is 10.5. The van der Waals surface area contributed by atoms with Gasteiger partial charge in [0, 0.05) is 11.1 Å². The molecule has 0 amide bonds. The predicted octanol–water partition coefficient (Wildman–Crippen LogP) is 4.71. The van der Waals surface area contributed by atoms with Crippen LogP contribution in [0.25, 0.3) is 0 Å². The first-order valence-electron chi connectivity index (χ1n) is 6.47. The molecule has 1 aromatic rings. The van der Waals surface area contributed by atoms with Gasteiger partial charge in [-0.25, -0.2) is 0 Å². The van der Waals surface area contributed by atoms with Crippen molar-refractivity contribution in [3.05, 3.63) is 34.9 Å². The molecule has 106 valence electrons. The van der Waals surface area contributed by atoms with Crippen LogP contribution < -0.4 is 5.73 Å². The Morgan fingerprint density at radius 1 is 1.21 bits per heavy atom. The van der Waals surface area contributed by atoms with E-state index in [4.69, 9.17) is 17.3 Å². The topological polar surface area (TPSA) is 26.0 Å². The van der Waals surface area contributed by atoms with Gasteiger partial charge in [0.2, 0.25) is 0 Å². The van der Waals surface area contributed by atoms with Gasteiger partial charge in [-0.05, 0) is 36.5 Å². The maximum Gasteiger partial charge on any atom is 0.392 e. The van der Waals surface area contributed by atoms with Gasteiger partial charge in [0.1, 0.15) is 0 Å². The molecule has 1 aliphatic rings. The van der Waals surface area contributed by atoms with Gasteiger partial charge in [-0.1, -0.05) is 36.6 Å². The molecular formula is C14H17ClF3N. The van der Waals surface area contributed by atoms with E-state index in [-0.39, 0.29) is 6.42 Å². The Morgan fingerprint density at radius 2 is 1.89 bits per heavy atom. The normalized spacial score (nSPS) is 26.2. The Kier molecular flexibility index (Phi) is 4.41. The van der Waals surface area contributed by atoms with Crippen molar-refractivity contribution < 1.29 is 13.2 Å². The summed E-state index contributed by atoms with van der Waals surface area (Å²) in [7, 11) is 0. The van der Waals surface area contributed by atoms with Crippen molar-refractivity contribution >= 4 is 11.6 Å². The maximum atomic E-state index is 13.1. The Labute approximate surface area is 115 Å². The highest BCUT2D eigenvalue weighted by atomic mass is 35.5. The molecule has 1 saturated carbocycles. The average Bonchev–Trinajstić information content (AvgIpc) is 2.37. The van der Waals surface area contributed by atoms with Crippen molar-refractivity contribution in [3.8, 4) is 0 Å². The second-order valence-corrected chi connectivity index (χ2v) is 5.61. The van der Waals surface area contributed by atoms with Crippen molar-refractivity contribution in [3.63, 3.8) is 0 Å². The van der Waals surface area contributed by atoms with E-state index in [0.717, 1.165) is 6.42 Å². The first-order valence-corrected chi connectivity index (χ1v) is 6.85. The van der Waals surface area contributed by atoms with E-state index in [9.17, 15) is 13.2 Å². The van der Waals surface area contributed by atoms with Crippen molar-refractivity contribution in [1.29, 1.82) is 0 Å². The molecule has 0 spiro atoms. The average molecular weight is 292 g/mol. The van der Waals surface area contributed by atoms with Gasteiger partial charge < -0.3 is 5.73 Å². The predicted molar refractivity (Wildman–Crippen MR) is 69.9 cm³/mol. The number of benzene rings is 1. The van der Waals surface area contributed by atoms with Gasteiger partial charge in [0.05, 0.1) is 5.92 Å². The van der Waals surface area contributed by atoms with Crippen molar-refractivity contribution in [2.45, 2.75) is 37.9 Å². The largest absolute Gasteiger partial charge is 0.392 e. The molecule has 2 N–H and O–H groups in total. The first kappa shape index (κ1) is 14.7. The second-order valence-electron chi connectivity index (χ2n) is 5.18. The van der Waals surface area contributed by atoms with Crippen LogP contribution in [0.4, 0.5) is 13.2 Å². The van der Waals surface area contributed by atoms with Crippen LogP contribution >= 0.6 is 11.6 Å². The molecule has 0 radical (unpaired) electrons. The smallest absolute Gasteiger partial charge is 0.324 e. The molecule has 3 unspecified atom stereocenters. The molecule has 1 nitrogen and oxygen atoms in total. The Hall–Kier alpha value is -0.740. The Bertz CT molecular complexity index is 433. The van der Waals surface area contributed by atoms with Gasteiger partial charge in [0.25, 0.3) is 0 Å². The summed E-state index contributed by atoms with van der Waals surface area (Å²) in [5.74, 6) is -1.84. The molecule has 5 heteroatoms. The highest BCUT2D eigenvalue weighted by Gasteiger charge is 2.47. The lowest BCUT2D eigenvalue weighted by Gasteiger charge is -2.36. The van der Waals surface area contributed by atoms with Crippen LogP contribution in [0.3, 0.4) is 0 Å². The van der Waals surface area contributed by atoms with Gasteiger partial charge >= 0.3 is 6.18 Å². The fourth-order valence-corrected chi connectivity index (χ4v) is 3.16. The van der Waals surface area contributed by atoms with Crippen LogP contribution in [0.2, 0.25) is 5.02 Å². The summed E-state index contributed by atoms with van der Waals surface area (Å²) in [5.41, 5.74) is 6.76. The Morgan fingerprint density at radius 3 is 2.53 bits per heavy atom. The minimum Gasteiger partial charge on any atom is -0.324 e. The summed E-state index contributed by atoms with van der Waals surface area (Å²) in [6.45, 7) is 0. The molecule has 0 heterocycles. The fourth-order valence-electron chi connectivity index (χ4n) is 2.96. The lowest BCUT2D eigenvalue weighted by Crippen LogP contribution is -2.38. The van der Waals surface area contributed by atoms with Crippen LogP contribution in [0.1, 0.15) is 37.3 Å². The summed E-state index contributed by atoms with van der Waals surface area (Å²) in [4.78, 5) is 0. The zero-order chi connectivity index (χ0) is 14.0. The molecular weight excluding hydrogens is 275 g/mol. The van der Waals surface area contributed by atoms with Crippen LogP contribution in [0, 0.1) is 11.8 Å². The molecule has 1 fully saturated rings. The molecule has 19 heavy (non-hydrogen) atoms. The third-order valence-electron chi connectivity index (χ3n) is 3.93. The maximum absolute atomic E-state index is 13.1. The van der Waals surface area contributed by atoms with Gasteiger partial charge in [-0.15, -0.1) is 0 Å². The van der Waals surface area contributed by atoms with E-state index in [2.05, 4.69) is 0 Å². The third-order valence-corrected chi connectivity index (χ3v) is 4.17. The van der Waals surface area contributed by atoms with Crippen molar-refractivity contribution in [1.82, 2.24) is 0 Å². The fraction of sp³-hybridized carbons (Fsp3) is 0.571. The number of halogens is 4. The molecule has 0 bridgehead atoms. The summed E-state index contributed by atoms with van der Waals surface area (Å²) in [6, 6.07) is 6.22.